The minimum absolute atomic E-state index is 0.397. The molecule has 1 aromatic heterocycles. The van der Waals surface area contributed by atoms with Crippen LogP contribution in [0.25, 0.3) is 0 Å². The van der Waals surface area contributed by atoms with Gasteiger partial charge in [-0.2, -0.15) is 0 Å². The lowest BCUT2D eigenvalue weighted by molar-refractivity contribution is 0.108. The zero-order valence-corrected chi connectivity index (χ0v) is 12.8. The first-order valence-corrected chi connectivity index (χ1v) is 7.27. The maximum Gasteiger partial charge on any atom is 0.226 e. The Kier molecular flexibility index (Phi) is 5.35. The molecule has 2 aromatic rings. The highest BCUT2D eigenvalue weighted by Crippen LogP contribution is 2.16. The molecular formula is C17H21NO4. The second-order valence-electron chi connectivity index (χ2n) is 5.35. The van der Waals surface area contributed by atoms with Crippen molar-refractivity contribution in [1.29, 1.82) is 0 Å². The molecule has 0 radical (unpaired) electrons. The van der Waals surface area contributed by atoms with E-state index in [0.29, 0.717) is 25.4 Å². The summed E-state index contributed by atoms with van der Waals surface area (Å²) >= 11 is 0. The van der Waals surface area contributed by atoms with Crippen molar-refractivity contribution in [2.24, 2.45) is 0 Å². The molecule has 0 unspecified atom stereocenters. The first kappa shape index (κ1) is 16.3. The highest BCUT2D eigenvalue weighted by molar-refractivity contribution is 5.23. The molecule has 118 valence electrons. The third-order valence-electron chi connectivity index (χ3n) is 3.59. The van der Waals surface area contributed by atoms with Gasteiger partial charge in [0.05, 0.1) is 12.6 Å². The summed E-state index contributed by atoms with van der Waals surface area (Å²) in [6.07, 6.45) is 0.437. The maximum absolute atomic E-state index is 11.4. The van der Waals surface area contributed by atoms with Gasteiger partial charge in [-0.3, -0.25) is 9.69 Å². The number of aromatic hydroxyl groups is 1. The van der Waals surface area contributed by atoms with E-state index in [0.717, 1.165) is 17.4 Å². The number of benzene rings is 1. The van der Waals surface area contributed by atoms with Gasteiger partial charge in [-0.25, -0.2) is 0 Å². The van der Waals surface area contributed by atoms with Crippen molar-refractivity contribution in [3.05, 3.63) is 63.7 Å². The van der Waals surface area contributed by atoms with E-state index in [-0.39, 0.29) is 0 Å². The Hall–Kier alpha value is -2.11. The third-order valence-corrected chi connectivity index (χ3v) is 3.59. The second kappa shape index (κ2) is 7.24. The van der Waals surface area contributed by atoms with E-state index in [1.54, 1.807) is 0 Å². The van der Waals surface area contributed by atoms with Crippen LogP contribution in [0.4, 0.5) is 0 Å². The van der Waals surface area contributed by atoms with E-state index >= 15 is 0 Å². The lowest BCUT2D eigenvalue weighted by Crippen LogP contribution is -2.28. The summed E-state index contributed by atoms with van der Waals surface area (Å²) in [6.45, 7) is 5.51. The Labute approximate surface area is 129 Å². The number of rotatable bonds is 6. The topological polar surface area (TPSA) is 73.9 Å². The molecule has 1 aromatic carbocycles. The number of hydrogen-bond donors (Lipinski definition) is 2. The Bertz CT molecular complexity index is 663. The molecule has 0 aliphatic rings. The molecule has 22 heavy (non-hydrogen) atoms. The summed E-state index contributed by atoms with van der Waals surface area (Å²) in [5, 5.41) is 19.5. The Morgan fingerprint density at radius 2 is 1.95 bits per heavy atom. The quantitative estimate of drug-likeness (QED) is 0.856. The lowest BCUT2D eigenvalue weighted by atomic mass is 10.1. The molecule has 2 rings (SSSR count). The van der Waals surface area contributed by atoms with E-state index in [1.807, 2.05) is 43.0 Å². The molecule has 0 saturated carbocycles. The van der Waals surface area contributed by atoms with Gasteiger partial charge in [0.2, 0.25) is 5.43 Å². The van der Waals surface area contributed by atoms with Crippen LogP contribution < -0.4 is 5.43 Å². The number of aryl methyl sites for hydroxylation is 1. The number of likely N-dealkylation sites (N-methyl/N-ethyl adjacent to an activating group) is 1. The van der Waals surface area contributed by atoms with Gasteiger partial charge in [-0.1, -0.05) is 36.8 Å². The van der Waals surface area contributed by atoms with Crippen LogP contribution >= 0.6 is 0 Å². The molecule has 1 atom stereocenters. The monoisotopic (exact) mass is 303 g/mol. The second-order valence-corrected chi connectivity index (χ2v) is 5.35. The van der Waals surface area contributed by atoms with Crippen LogP contribution in [-0.2, 0) is 6.54 Å². The summed E-state index contributed by atoms with van der Waals surface area (Å²) < 4.78 is 5.20. The van der Waals surface area contributed by atoms with Crippen LogP contribution in [0.15, 0.2) is 45.8 Å². The van der Waals surface area contributed by atoms with Crippen molar-refractivity contribution < 1.29 is 14.6 Å². The van der Waals surface area contributed by atoms with Gasteiger partial charge in [0.25, 0.3) is 0 Å². The molecule has 0 spiro atoms. The van der Waals surface area contributed by atoms with E-state index in [2.05, 4.69) is 0 Å². The predicted octanol–water partition coefficient (Wildman–Crippen LogP) is 2.21. The maximum atomic E-state index is 11.4. The Morgan fingerprint density at radius 3 is 2.55 bits per heavy atom. The van der Waals surface area contributed by atoms with Gasteiger partial charge >= 0.3 is 0 Å². The van der Waals surface area contributed by atoms with Gasteiger partial charge in [0, 0.05) is 12.6 Å². The summed E-state index contributed by atoms with van der Waals surface area (Å²) in [5.41, 5.74) is 1.54. The molecule has 0 aliphatic heterocycles. The molecule has 0 amide bonds. The van der Waals surface area contributed by atoms with E-state index in [1.165, 1.54) is 6.07 Å². The largest absolute Gasteiger partial charge is 0.502 e. The van der Waals surface area contributed by atoms with Gasteiger partial charge in [-0.05, 0) is 19.0 Å². The predicted molar refractivity (Wildman–Crippen MR) is 83.7 cm³/mol. The fraction of sp³-hybridized carbons (Fsp3) is 0.353. The normalized spacial score (nSPS) is 12.5. The van der Waals surface area contributed by atoms with E-state index in [4.69, 9.17) is 4.42 Å². The third kappa shape index (κ3) is 4.19. The van der Waals surface area contributed by atoms with Crippen molar-refractivity contribution in [2.45, 2.75) is 26.5 Å². The molecule has 5 nitrogen and oxygen atoms in total. The molecule has 5 heteroatoms. The first-order valence-electron chi connectivity index (χ1n) is 7.27. The Balaban J connectivity index is 2.03. The van der Waals surface area contributed by atoms with Crippen LogP contribution in [-0.4, -0.2) is 28.2 Å². The molecule has 0 aliphatic carbocycles. The smallest absolute Gasteiger partial charge is 0.226 e. The van der Waals surface area contributed by atoms with E-state index in [9.17, 15) is 15.0 Å². The van der Waals surface area contributed by atoms with Crippen LogP contribution in [0.3, 0.4) is 0 Å². The molecule has 0 fully saturated rings. The molecule has 2 N–H and O–H groups in total. The standard InChI is InChI=1S/C17H21NO4/c1-3-18(9-14-8-15(19)17(21)11-22-14)10-16(20)13-6-4-12(2)5-7-13/h4-8,11,16,20-21H,3,9-10H2,1-2H3/t16-/m0/s1. The van der Waals surface area contributed by atoms with Crippen LogP contribution in [0.2, 0.25) is 0 Å². The van der Waals surface area contributed by atoms with Crippen molar-refractivity contribution in [1.82, 2.24) is 4.90 Å². The average molecular weight is 303 g/mol. The van der Waals surface area contributed by atoms with Gasteiger partial charge in [-0.15, -0.1) is 0 Å². The summed E-state index contributed by atoms with van der Waals surface area (Å²) in [6, 6.07) is 9.03. The van der Waals surface area contributed by atoms with Gasteiger partial charge in [0.15, 0.2) is 5.75 Å². The highest BCUT2D eigenvalue weighted by Gasteiger charge is 2.14. The van der Waals surface area contributed by atoms with Crippen LogP contribution in [0, 0.1) is 6.92 Å². The van der Waals surface area contributed by atoms with E-state index < -0.39 is 17.3 Å². The van der Waals surface area contributed by atoms with Crippen molar-refractivity contribution in [3.63, 3.8) is 0 Å². The fourth-order valence-corrected chi connectivity index (χ4v) is 2.19. The van der Waals surface area contributed by atoms with Crippen molar-refractivity contribution in [3.8, 4) is 5.75 Å². The minimum Gasteiger partial charge on any atom is -0.502 e. The Morgan fingerprint density at radius 1 is 1.27 bits per heavy atom. The van der Waals surface area contributed by atoms with Crippen molar-refractivity contribution in [2.75, 3.05) is 13.1 Å². The zero-order chi connectivity index (χ0) is 16.1. The van der Waals surface area contributed by atoms with Gasteiger partial charge < -0.3 is 14.6 Å². The molecule has 0 saturated heterocycles. The number of hydrogen-bond acceptors (Lipinski definition) is 5. The lowest BCUT2D eigenvalue weighted by Gasteiger charge is -2.23. The number of aliphatic hydroxyl groups excluding tert-OH is 1. The zero-order valence-electron chi connectivity index (χ0n) is 12.8. The molecular weight excluding hydrogens is 282 g/mol. The molecule has 0 bridgehead atoms. The van der Waals surface area contributed by atoms with Gasteiger partial charge in [0.1, 0.15) is 12.0 Å². The van der Waals surface area contributed by atoms with Crippen LogP contribution in [0.1, 0.15) is 29.9 Å². The number of nitrogens with zero attached hydrogens (tertiary/aromatic N) is 1. The summed E-state index contributed by atoms with van der Waals surface area (Å²) in [5.74, 6) is 0.0623. The summed E-state index contributed by atoms with van der Waals surface area (Å²) in [7, 11) is 0. The minimum atomic E-state index is -0.607. The van der Waals surface area contributed by atoms with Crippen molar-refractivity contribution >= 4 is 0 Å². The SMILES string of the molecule is CCN(Cc1cc(=O)c(O)co1)C[C@H](O)c1ccc(C)cc1. The number of aliphatic hydroxyl groups is 1. The highest BCUT2D eigenvalue weighted by atomic mass is 16.4. The van der Waals surface area contributed by atoms with Crippen LogP contribution in [0.5, 0.6) is 5.75 Å². The first-order chi connectivity index (χ1) is 10.5. The summed E-state index contributed by atoms with van der Waals surface area (Å²) in [4.78, 5) is 13.4. The average Bonchev–Trinajstić information content (AvgIpc) is 2.50. The fourth-order valence-electron chi connectivity index (χ4n) is 2.19. The molecule has 1 heterocycles.